The number of hydrogen-bond donors (Lipinski definition) is 1. The molecule has 2 aromatic carbocycles. The molecule has 4 aromatic rings. The van der Waals surface area contributed by atoms with Gasteiger partial charge in [-0.2, -0.15) is 0 Å². The van der Waals surface area contributed by atoms with Crippen LogP contribution in [0.4, 0.5) is 0 Å². The van der Waals surface area contributed by atoms with E-state index in [9.17, 15) is 19.5 Å². The molecular weight excluding hydrogens is 556 g/mol. The number of carbonyl (C=O) groups is 2. The van der Waals surface area contributed by atoms with Crippen LogP contribution in [0.15, 0.2) is 80.1 Å². The molecule has 0 saturated heterocycles. The third-order valence-electron chi connectivity index (χ3n) is 6.95. The Bertz CT molecular complexity index is 1890. The van der Waals surface area contributed by atoms with Gasteiger partial charge in [0.2, 0.25) is 0 Å². The van der Waals surface area contributed by atoms with Gasteiger partial charge in [0.25, 0.3) is 5.56 Å². The summed E-state index contributed by atoms with van der Waals surface area (Å²) in [5.74, 6) is -0.0385. The summed E-state index contributed by atoms with van der Waals surface area (Å²) < 4.78 is 18.8. The normalized spacial score (nSPS) is 14.9. The highest BCUT2D eigenvalue weighted by atomic mass is 32.1. The molecule has 1 aliphatic rings. The molecule has 1 atom stereocenters. The van der Waals surface area contributed by atoms with Crippen LogP contribution in [0.2, 0.25) is 0 Å². The van der Waals surface area contributed by atoms with Gasteiger partial charge in [0, 0.05) is 11.6 Å². The lowest BCUT2D eigenvalue weighted by Gasteiger charge is -2.26. The largest absolute Gasteiger partial charge is 0.497 e. The number of benzene rings is 2. The van der Waals surface area contributed by atoms with Crippen molar-refractivity contribution in [3.63, 3.8) is 0 Å². The average molecular weight is 587 g/mol. The van der Waals surface area contributed by atoms with Crippen LogP contribution in [-0.2, 0) is 9.53 Å². The molecule has 1 aliphatic heterocycles. The van der Waals surface area contributed by atoms with Crippen LogP contribution >= 0.6 is 11.3 Å². The molecule has 9 nitrogen and oxygen atoms in total. The number of ether oxygens (including phenoxy) is 2. The number of allylic oxidation sites excluding steroid dienone is 1. The predicted molar refractivity (Wildman–Crippen MR) is 158 cm³/mol. The van der Waals surface area contributed by atoms with Gasteiger partial charge in [-0.3, -0.25) is 9.36 Å². The number of nitrogens with zero attached hydrogens (tertiary/aromatic N) is 2. The number of aryl methyl sites for hydroxylation is 1. The summed E-state index contributed by atoms with van der Waals surface area (Å²) in [5.41, 5.74) is 2.95. The molecule has 2 aromatic heterocycles. The predicted octanol–water partition coefficient (Wildman–Crippen LogP) is 4.85. The minimum absolute atomic E-state index is 0.152. The van der Waals surface area contributed by atoms with Gasteiger partial charge in [0.15, 0.2) is 4.80 Å². The number of carboxylic acids is 1. The molecule has 0 saturated carbocycles. The first-order chi connectivity index (χ1) is 20.2. The highest BCUT2D eigenvalue weighted by Crippen LogP contribution is 2.34. The second-order valence-corrected chi connectivity index (χ2v) is 10.7. The number of fused-ring (bicyclic) bond motifs is 1. The van der Waals surface area contributed by atoms with Crippen LogP contribution in [0, 0.1) is 6.92 Å². The van der Waals surface area contributed by atoms with Crippen molar-refractivity contribution < 1.29 is 28.6 Å². The summed E-state index contributed by atoms with van der Waals surface area (Å²) in [6, 6.07) is 14.8. The summed E-state index contributed by atoms with van der Waals surface area (Å²) in [7, 11) is 1.56. The van der Waals surface area contributed by atoms with E-state index in [1.54, 1.807) is 56.5 Å². The Morgan fingerprint density at radius 2 is 1.95 bits per heavy atom. The number of thiazole rings is 1. The zero-order chi connectivity index (χ0) is 30.0. The van der Waals surface area contributed by atoms with Gasteiger partial charge in [-0.25, -0.2) is 14.6 Å². The number of rotatable bonds is 9. The molecule has 0 unspecified atom stereocenters. The quantitative estimate of drug-likeness (QED) is 0.278. The molecule has 5 rings (SSSR count). The van der Waals surface area contributed by atoms with E-state index in [1.807, 2.05) is 32.0 Å². The van der Waals surface area contributed by atoms with E-state index in [2.05, 4.69) is 0 Å². The molecule has 0 bridgehead atoms. The Hall–Kier alpha value is -4.70. The lowest BCUT2D eigenvalue weighted by atomic mass is 9.94. The van der Waals surface area contributed by atoms with E-state index in [1.165, 1.54) is 15.9 Å². The van der Waals surface area contributed by atoms with Crippen LogP contribution < -0.4 is 19.6 Å². The Labute approximate surface area is 245 Å². The molecule has 3 heterocycles. The lowest BCUT2D eigenvalue weighted by Crippen LogP contribution is -2.40. The van der Waals surface area contributed by atoms with Crippen molar-refractivity contribution in [1.29, 1.82) is 0 Å². The molecule has 42 heavy (non-hydrogen) atoms. The highest BCUT2D eigenvalue weighted by Gasteiger charge is 2.34. The third-order valence-corrected chi connectivity index (χ3v) is 7.93. The summed E-state index contributed by atoms with van der Waals surface area (Å²) >= 11 is 1.21. The van der Waals surface area contributed by atoms with Gasteiger partial charge in [-0.15, -0.1) is 0 Å². The van der Waals surface area contributed by atoms with E-state index < -0.39 is 18.0 Å². The standard InChI is InChI=1S/C32H30N2O7S/c1-5-8-24-27(31(38)40-6-2)28(19-9-7-10-21(15-19)39-4)34-29(35)26(42-32(34)33-24)17-22-13-14-25(41-22)23-16-20(30(36)37)12-11-18(23)3/h7,9-17,28H,5-6,8H2,1-4H3,(H,36,37)/b26-17-/t28-/m0/s1. The summed E-state index contributed by atoms with van der Waals surface area (Å²) in [4.78, 5) is 44.0. The maximum Gasteiger partial charge on any atom is 0.338 e. The zero-order valence-electron chi connectivity index (χ0n) is 23.7. The lowest BCUT2D eigenvalue weighted by molar-refractivity contribution is -0.139. The summed E-state index contributed by atoms with van der Waals surface area (Å²) in [6.45, 7) is 5.80. The van der Waals surface area contributed by atoms with E-state index in [4.69, 9.17) is 18.9 Å². The minimum Gasteiger partial charge on any atom is -0.497 e. The van der Waals surface area contributed by atoms with Crippen molar-refractivity contribution in [3.8, 4) is 17.1 Å². The van der Waals surface area contributed by atoms with Crippen molar-refractivity contribution in [2.75, 3.05) is 13.7 Å². The van der Waals surface area contributed by atoms with Crippen molar-refractivity contribution in [2.24, 2.45) is 4.99 Å². The Kier molecular flexibility index (Phi) is 8.26. The SMILES string of the molecule is CCCC1=C(C(=O)OCC)[C@H](c2cccc(OC)c2)n2c(s/c(=C\c3ccc(-c4cc(C(=O)O)ccc4C)o3)c2=O)=N1. The Morgan fingerprint density at radius 3 is 2.67 bits per heavy atom. The minimum atomic E-state index is -1.03. The number of esters is 1. The number of furan rings is 1. The second kappa shape index (κ2) is 12.0. The molecule has 0 amide bonds. The van der Waals surface area contributed by atoms with Crippen LogP contribution in [0.25, 0.3) is 17.4 Å². The van der Waals surface area contributed by atoms with Crippen LogP contribution in [0.5, 0.6) is 5.75 Å². The molecular formula is C32H30N2O7S. The molecule has 0 spiro atoms. The third kappa shape index (κ3) is 5.45. The van der Waals surface area contributed by atoms with Crippen LogP contribution in [0.3, 0.4) is 0 Å². The van der Waals surface area contributed by atoms with Gasteiger partial charge in [0.05, 0.1) is 41.1 Å². The van der Waals surface area contributed by atoms with Gasteiger partial charge in [-0.05, 0) is 67.8 Å². The topological polar surface area (TPSA) is 120 Å². The fourth-order valence-electron chi connectivity index (χ4n) is 4.97. The van der Waals surface area contributed by atoms with Gasteiger partial charge >= 0.3 is 11.9 Å². The molecule has 10 heteroatoms. The molecule has 0 radical (unpaired) electrons. The van der Waals surface area contributed by atoms with E-state index in [-0.39, 0.29) is 17.7 Å². The van der Waals surface area contributed by atoms with Gasteiger partial charge < -0.3 is 19.0 Å². The fraction of sp³-hybridized carbons (Fsp3) is 0.250. The molecule has 0 fully saturated rings. The van der Waals surface area contributed by atoms with Crippen molar-refractivity contribution in [3.05, 3.63) is 108 Å². The zero-order valence-corrected chi connectivity index (χ0v) is 24.5. The Balaban J connectivity index is 1.67. The number of methoxy groups -OCH3 is 1. The van der Waals surface area contributed by atoms with E-state index in [0.29, 0.717) is 55.4 Å². The van der Waals surface area contributed by atoms with Crippen LogP contribution in [-0.4, -0.2) is 35.3 Å². The number of aromatic carboxylic acids is 1. The van der Waals surface area contributed by atoms with Crippen molar-refractivity contribution in [1.82, 2.24) is 4.57 Å². The Morgan fingerprint density at radius 1 is 1.14 bits per heavy atom. The summed E-state index contributed by atoms with van der Waals surface area (Å²) in [5, 5.41) is 9.41. The van der Waals surface area contributed by atoms with Gasteiger partial charge in [-0.1, -0.05) is 42.9 Å². The number of carboxylic acid groups (broad SMARTS) is 1. The maximum atomic E-state index is 14.0. The molecule has 0 aliphatic carbocycles. The van der Waals surface area contributed by atoms with Gasteiger partial charge in [0.1, 0.15) is 17.3 Å². The number of aromatic nitrogens is 1. The van der Waals surface area contributed by atoms with Crippen molar-refractivity contribution in [2.45, 2.75) is 39.7 Å². The van der Waals surface area contributed by atoms with E-state index in [0.717, 1.165) is 12.0 Å². The van der Waals surface area contributed by atoms with E-state index >= 15 is 0 Å². The average Bonchev–Trinajstić information content (AvgIpc) is 3.56. The first kappa shape index (κ1) is 28.8. The first-order valence-corrected chi connectivity index (χ1v) is 14.4. The highest BCUT2D eigenvalue weighted by molar-refractivity contribution is 7.07. The smallest absolute Gasteiger partial charge is 0.338 e. The monoisotopic (exact) mass is 586 g/mol. The number of hydrogen-bond acceptors (Lipinski definition) is 8. The summed E-state index contributed by atoms with van der Waals surface area (Å²) in [6.07, 6.45) is 2.93. The molecule has 1 N–H and O–H groups in total. The maximum absolute atomic E-state index is 14.0. The van der Waals surface area contributed by atoms with Crippen LogP contribution in [0.1, 0.15) is 60.0 Å². The number of carbonyl (C=O) groups excluding carboxylic acids is 1. The van der Waals surface area contributed by atoms with Crippen molar-refractivity contribution >= 4 is 29.4 Å². The first-order valence-electron chi connectivity index (χ1n) is 13.6. The fourth-order valence-corrected chi connectivity index (χ4v) is 5.97. The molecule has 216 valence electrons. The second-order valence-electron chi connectivity index (χ2n) is 9.73.